The standard InChI is InChI=1S/C25H30N6O/c1-28(2)25-26-15-21(16-27-25)20-14-23(31(18-20)17-19-8-9-19)24(32)30-12-10-29(11-13-30)22-6-4-3-5-7-22/h3-7,14-16,18-19H,8-13,17H2,1-2H3. The molecule has 7 nitrogen and oxygen atoms in total. The summed E-state index contributed by atoms with van der Waals surface area (Å²) in [5.41, 5.74) is 3.94. The summed E-state index contributed by atoms with van der Waals surface area (Å²) in [6, 6.07) is 12.4. The van der Waals surface area contributed by atoms with Crippen molar-refractivity contribution in [3.63, 3.8) is 0 Å². The van der Waals surface area contributed by atoms with Crippen LogP contribution in [0, 0.1) is 5.92 Å². The van der Waals surface area contributed by atoms with Crippen molar-refractivity contribution in [3.05, 3.63) is 60.7 Å². The minimum absolute atomic E-state index is 0.121. The molecular weight excluding hydrogens is 400 g/mol. The maximum absolute atomic E-state index is 13.5. The molecule has 3 heterocycles. The van der Waals surface area contributed by atoms with Crippen LogP contribution in [0.1, 0.15) is 23.3 Å². The van der Waals surface area contributed by atoms with Gasteiger partial charge in [-0.2, -0.15) is 0 Å². The number of anilines is 2. The molecule has 1 amide bonds. The van der Waals surface area contributed by atoms with Crippen molar-refractivity contribution >= 4 is 17.5 Å². The van der Waals surface area contributed by atoms with Gasteiger partial charge in [-0.15, -0.1) is 0 Å². The van der Waals surface area contributed by atoms with E-state index < -0.39 is 0 Å². The maximum atomic E-state index is 13.5. The van der Waals surface area contributed by atoms with Crippen LogP contribution >= 0.6 is 0 Å². The lowest BCUT2D eigenvalue weighted by atomic mass is 10.1. The SMILES string of the molecule is CN(C)c1ncc(-c2cc(C(=O)N3CCN(c4ccccc4)CC3)n(CC3CC3)c2)cn1. The molecule has 2 fully saturated rings. The van der Waals surface area contributed by atoms with Gasteiger partial charge in [-0.25, -0.2) is 9.97 Å². The fourth-order valence-corrected chi connectivity index (χ4v) is 4.25. The number of carbonyl (C=O) groups excluding carboxylic acids is 1. The maximum Gasteiger partial charge on any atom is 0.270 e. The summed E-state index contributed by atoms with van der Waals surface area (Å²) in [7, 11) is 3.85. The average molecular weight is 431 g/mol. The number of piperazine rings is 1. The van der Waals surface area contributed by atoms with Gasteiger partial charge >= 0.3 is 0 Å². The Hall–Kier alpha value is -3.35. The van der Waals surface area contributed by atoms with Crippen LogP contribution in [0.4, 0.5) is 11.6 Å². The lowest BCUT2D eigenvalue weighted by Crippen LogP contribution is -2.49. The van der Waals surface area contributed by atoms with E-state index in [1.165, 1.54) is 18.5 Å². The van der Waals surface area contributed by atoms with Crippen LogP contribution in [0.15, 0.2) is 55.0 Å². The highest BCUT2D eigenvalue weighted by molar-refractivity contribution is 5.94. The first-order chi connectivity index (χ1) is 15.6. The lowest BCUT2D eigenvalue weighted by molar-refractivity contribution is 0.0735. The molecule has 7 heteroatoms. The van der Waals surface area contributed by atoms with E-state index in [0.29, 0.717) is 11.9 Å². The summed E-state index contributed by atoms with van der Waals surface area (Å²) < 4.78 is 2.15. The highest BCUT2D eigenvalue weighted by Crippen LogP contribution is 2.33. The summed E-state index contributed by atoms with van der Waals surface area (Å²) >= 11 is 0. The van der Waals surface area contributed by atoms with Crippen molar-refractivity contribution in [3.8, 4) is 11.1 Å². The van der Waals surface area contributed by atoms with Crippen molar-refractivity contribution < 1.29 is 4.79 Å². The van der Waals surface area contributed by atoms with E-state index >= 15 is 0 Å². The Morgan fingerprint density at radius 1 is 1.00 bits per heavy atom. The molecule has 0 atom stereocenters. The Labute approximate surface area is 189 Å². The third-order valence-electron chi connectivity index (χ3n) is 6.33. The fraction of sp³-hybridized carbons (Fsp3) is 0.400. The highest BCUT2D eigenvalue weighted by Gasteiger charge is 2.28. The van der Waals surface area contributed by atoms with Gasteiger partial charge in [0.25, 0.3) is 5.91 Å². The van der Waals surface area contributed by atoms with Crippen LogP contribution in [0.25, 0.3) is 11.1 Å². The van der Waals surface area contributed by atoms with Gasteiger partial charge in [0.05, 0.1) is 0 Å². The largest absolute Gasteiger partial charge is 0.368 e. The molecule has 1 saturated carbocycles. The molecular formula is C25H30N6O. The van der Waals surface area contributed by atoms with Crippen LogP contribution in [-0.2, 0) is 6.54 Å². The third kappa shape index (κ3) is 4.33. The Morgan fingerprint density at radius 2 is 1.69 bits per heavy atom. The van der Waals surface area contributed by atoms with Gasteiger partial charge in [0.2, 0.25) is 5.95 Å². The molecule has 0 spiro atoms. The van der Waals surface area contributed by atoms with E-state index in [2.05, 4.69) is 49.9 Å². The lowest BCUT2D eigenvalue weighted by Gasteiger charge is -2.36. The molecule has 5 rings (SSSR count). The molecule has 0 radical (unpaired) electrons. The molecule has 0 unspecified atom stereocenters. The summed E-state index contributed by atoms with van der Waals surface area (Å²) in [6.45, 7) is 4.08. The van der Waals surface area contributed by atoms with E-state index in [9.17, 15) is 4.79 Å². The second-order valence-corrected chi connectivity index (χ2v) is 8.99. The van der Waals surface area contributed by atoms with Crippen LogP contribution < -0.4 is 9.80 Å². The monoisotopic (exact) mass is 430 g/mol. The van der Waals surface area contributed by atoms with E-state index in [0.717, 1.165) is 49.5 Å². The molecule has 32 heavy (non-hydrogen) atoms. The number of nitrogens with zero attached hydrogens (tertiary/aromatic N) is 6. The number of benzene rings is 1. The second kappa shape index (κ2) is 8.65. The van der Waals surface area contributed by atoms with Gasteiger partial charge in [0.15, 0.2) is 0 Å². The Kier molecular flexibility index (Phi) is 5.55. The topological polar surface area (TPSA) is 57.5 Å². The number of rotatable bonds is 6. The van der Waals surface area contributed by atoms with Crippen molar-refractivity contribution in [2.45, 2.75) is 19.4 Å². The minimum atomic E-state index is 0.121. The Balaban J connectivity index is 1.34. The fourth-order valence-electron chi connectivity index (χ4n) is 4.25. The molecule has 0 bridgehead atoms. The molecule has 166 valence electrons. The minimum Gasteiger partial charge on any atom is -0.368 e. The molecule has 3 aromatic rings. The van der Waals surface area contributed by atoms with Gasteiger partial charge in [0.1, 0.15) is 5.69 Å². The van der Waals surface area contributed by atoms with Crippen LogP contribution in [0.5, 0.6) is 0 Å². The summed E-state index contributed by atoms with van der Waals surface area (Å²) in [5.74, 6) is 1.48. The second-order valence-electron chi connectivity index (χ2n) is 8.99. The quantitative estimate of drug-likeness (QED) is 0.600. The zero-order valence-electron chi connectivity index (χ0n) is 18.8. The summed E-state index contributed by atoms with van der Waals surface area (Å²) in [5, 5.41) is 0. The summed E-state index contributed by atoms with van der Waals surface area (Å²) in [6.07, 6.45) is 8.27. The van der Waals surface area contributed by atoms with Gasteiger partial charge in [-0.05, 0) is 37.0 Å². The normalized spacial score (nSPS) is 16.3. The van der Waals surface area contributed by atoms with Crippen molar-refractivity contribution in [2.75, 3.05) is 50.1 Å². The van der Waals surface area contributed by atoms with E-state index in [-0.39, 0.29) is 5.91 Å². The smallest absolute Gasteiger partial charge is 0.270 e. The number of amides is 1. The molecule has 2 aromatic heterocycles. The first kappa shape index (κ1) is 20.5. The Morgan fingerprint density at radius 3 is 2.31 bits per heavy atom. The first-order valence-corrected chi connectivity index (χ1v) is 11.4. The zero-order valence-corrected chi connectivity index (χ0v) is 18.8. The Bertz CT molecular complexity index is 1060. The molecule has 1 aliphatic carbocycles. The molecule has 1 saturated heterocycles. The first-order valence-electron chi connectivity index (χ1n) is 11.4. The number of aromatic nitrogens is 3. The van der Waals surface area contributed by atoms with Crippen LogP contribution in [-0.4, -0.2) is 65.6 Å². The van der Waals surface area contributed by atoms with Gasteiger partial charge in [-0.3, -0.25) is 4.79 Å². The van der Waals surface area contributed by atoms with E-state index in [1.807, 2.05) is 48.4 Å². The van der Waals surface area contributed by atoms with Crippen LogP contribution in [0.2, 0.25) is 0 Å². The number of hydrogen-bond donors (Lipinski definition) is 0. The van der Waals surface area contributed by atoms with Crippen LogP contribution in [0.3, 0.4) is 0 Å². The van der Waals surface area contributed by atoms with E-state index in [4.69, 9.17) is 0 Å². The van der Waals surface area contributed by atoms with Gasteiger partial charge < -0.3 is 19.3 Å². The number of hydrogen-bond acceptors (Lipinski definition) is 5. The molecule has 1 aromatic carbocycles. The third-order valence-corrected chi connectivity index (χ3v) is 6.33. The van der Waals surface area contributed by atoms with Crippen molar-refractivity contribution in [1.29, 1.82) is 0 Å². The van der Waals surface area contributed by atoms with Gasteiger partial charge in [-0.1, -0.05) is 18.2 Å². The van der Waals surface area contributed by atoms with E-state index in [1.54, 1.807) is 0 Å². The number of para-hydroxylation sites is 1. The van der Waals surface area contributed by atoms with Crippen molar-refractivity contribution in [1.82, 2.24) is 19.4 Å². The summed E-state index contributed by atoms with van der Waals surface area (Å²) in [4.78, 5) is 28.6. The predicted molar refractivity (Wildman–Crippen MR) is 127 cm³/mol. The number of carbonyl (C=O) groups is 1. The predicted octanol–water partition coefficient (Wildman–Crippen LogP) is 3.38. The highest BCUT2D eigenvalue weighted by atomic mass is 16.2. The average Bonchev–Trinajstić information content (AvgIpc) is 3.56. The van der Waals surface area contributed by atoms with Crippen molar-refractivity contribution in [2.24, 2.45) is 5.92 Å². The zero-order chi connectivity index (χ0) is 22.1. The molecule has 0 N–H and O–H groups in total. The van der Waals surface area contributed by atoms with Gasteiger partial charge in [0, 0.05) is 82.2 Å². The molecule has 1 aliphatic heterocycles. The molecule has 2 aliphatic rings.